The summed E-state index contributed by atoms with van der Waals surface area (Å²) in [4.78, 5) is 49.3. The molecule has 1 aliphatic carbocycles. The maximum Gasteiger partial charge on any atom is 0.331 e. The minimum absolute atomic E-state index is 0.0284. The van der Waals surface area contributed by atoms with E-state index in [1.165, 1.54) is 24.5 Å². The highest BCUT2D eigenvalue weighted by Crippen LogP contribution is 2.51. The first-order chi connectivity index (χ1) is 23.6. The fourth-order valence-electron chi connectivity index (χ4n) is 6.21. The van der Waals surface area contributed by atoms with Gasteiger partial charge in [0.05, 0.1) is 25.4 Å². The molecule has 1 aromatic carbocycles. The Labute approximate surface area is 288 Å². The van der Waals surface area contributed by atoms with Gasteiger partial charge in [-0.05, 0) is 41.7 Å². The highest BCUT2D eigenvalue weighted by Gasteiger charge is 2.63. The number of carbonyl (C=O) groups excluding carboxylic acids is 4. The number of carbonyl (C=O) groups is 4. The maximum atomic E-state index is 12.8. The highest BCUT2D eigenvalue weighted by atomic mass is 16.7. The Balaban J connectivity index is 1.58. The summed E-state index contributed by atoms with van der Waals surface area (Å²) in [7, 11) is 0. The SMILES string of the molecule is CC(=O)OC[C@]1(O)[C@@H]2[C@H](OC(=O)CC(C)C)OC=C(CO[C@@H]3O[C@H](CO)[C@@H](O)[C@H](O)[C@H]3OC(=O)/C=C/c3ccc(O)cc3)[C@@H]2C[C@@H]1OC(C)=O. The number of hydrogen-bond donors (Lipinski definition) is 5. The molecule has 0 unspecified atom stereocenters. The molecule has 16 heteroatoms. The zero-order valence-electron chi connectivity index (χ0n) is 28.1. The number of rotatable bonds is 13. The quantitative estimate of drug-likeness (QED) is 0.106. The van der Waals surface area contributed by atoms with Crippen LogP contribution >= 0.6 is 0 Å². The van der Waals surface area contributed by atoms with E-state index in [9.17, 15) is 44.7 Å². The zero-order chi connectivity index (χ0) is 36.7. The molecule has 2 heterocycles. The van der Waals surface area contributed by atoms with Gasteiger partial charge in [0.25, 0.3) is 0 Å². The van der Waals surface area contributed by atoms with Gasteiger partial charge in [-0.3, -0.25) is 14.4 Å². The number of hydrogen-bond acceptors (Lipinski definition) is 16. The monoisotopic (exact) mass is 708 g/mol. The minimum Gasteiger partial charge on any atom is -0.508 e. The van der Waals surface area contributed by atoms with Crippen molar-refractivity contribution < 1.29 is 77.9 Å². The number of aliphatic hydroxyl groups is 4. The number of phenolic OH excluding ortho intramolecular Hbond substituents is 1. The van der Waals surface area contributed by atoms with Gasteiger partial charge in [0.15, 0.2) is 12.4 Å². The number of aromatic hydroxyl groups is 1. The molecule has 4 rings (SSSR count). The van der Waals surface area contributed by atoms with Crippen LogP contribution in [0.4, 0.5) is 0 Å². The van der Waals surface area contributed by atoms with Crippen molar-refractivity contribution in [1.82, 2.24) is 0 Å². The third-order valence-corrected chi connectivity index (χ3v) is 8.59. The lowest BCUT2D eigenvalue weighted by Gasteiger charge is -2.42. The second-order valence-corrected chi connectivity index (χ2v) is 12.9. The topological polar surface area (TPSA) is 234 Å². The van der Waals surface area contributed by atoms with Crippen molar-refractivity contribution in [2.45, 2.75) is 89.2 Å². The van der Waals surface area contributed by atoms with Crippen LogP contribution in [0, 0.1) is 17.8 Å². The second-order valence-electron chi connectivity index (χ2n) is 12.9. The van der Waals surface area contributed by atoms with Crippen LogP contribution < -0.4 is 0 Å². The van der Waals surface area contributed by atoms with Crippen molar-refractivity contribution in [3.05, 3.63) is 47.7 Å². The van der Waals surface area contributed by atoms with Crippen LogP contribution in [-0.4, -0.2) is 118 Å². The van der Waals surface area contributed by atoms with Gasteiger partial charge in [-0.25, -0.2) is 4.79 Å². The van der Waals surface area contributed by atoms with E-state index in [2.05, 4.69) is 0 Å². The first kappa shape index (κ1) is 38.7. The zero-order valence-corrected chi connectivity index (χ0v) is 28.1. The number of ether oxygens (including phenoxy) is 7. The molecular formula is C34H44O16. The van der Waals surface area contributed by atoms with Crippen molar-refractivity contribution in [3.63, 3.8) is 0 Å². The molecular weight excluding hydrogens is 664 g/mol. The van der Waals surface area contributed by atoms with Gasteiger partial charge in [-0.2, -0.15) is 0 Å². The van der Waals surface area contributed by atoms with Crippen molar-refractivity contribution in [2.75, 3.05) is 19.8 Å². The molecule has 1 saturated carbocycles. The Hall–Kier alpha value is -4.06. The van der Waals surface area contributed by atoms with Crippen LogP contribution in [0.5, 0.6) is 5.75 Å². The van der Waals surface area contributed by atoms with Crippen molar-refractivity contribution in [3.8, 4) is 5.75 Å². The van der Waals surface area contributed by atoms with E-state index >= 15 is 0 Å². The summed E-state index contributed by atoms with van der Waals surface area (Å²) in [6.07, 6.45) is -6.77. The Morgan fingerprint density at radius 1 is 1.00 bits per heavy atom. The lowest BCUT2D eigenvalue weighted by molar-refractivity contribution is -0.302. The van der Waals surface area contributed by atoms with Gasteiger partial charge in [-0.1, -0.05) is 26.0 Å². The van der Waals surface area contributed by atoms with Gasteiger partial charge in [0.2, 0.25) is 6.29 Å². The summed E-state index contributed by atoms with van der Waals surface area (Å²) in [5.41, 5.74) is -1.18. The number of phenols is 1. The molecule has 5 N–H and O–H groups in total. The van der Waals surface area contributed by atoms with Gasteiger partial charge in [0, 0.05) is 32.3 Å². The van der Waals surface area contributed by atoms with Gasteiger partial charge in [-0.15, -0.1) is 0 Å². The summed E-state index contributed by atoms with van der Waals surface area (Å²) in [5.74, 6) is -4.92. The van der Waals surface area contributed by atoms with E-state index in [0.29, 0.717) is 11.1 Å². The second kappa shape index (κ2) is 16.8. The van der Waals surface area contributed by atoms with Crippen LogP contribution in [0.1, 0.15) is 46.1 Å². The minimum atomic E-state index is -2.07. The molecule has 0 radical (unpaired) electrons. The van der Waals surface area contributed by atoms with Gasteiger partial charge < -0.3 is 58.7 Å². The predicted molar refractivity (Wildman–Crippen MR) is 168 cm³/mol. The van der Waals surface area contributed by atoms with Gasteiger partial charge >= 0.3 is 23.9 Å². The van der Waals surface area contributed by atoms with Crippen molar-refractivity contribution in [1.29, 1.82) is 0 Å². The normalized spacial score (nSPS) is 32.1. The van der Waals surface area contributed by atoms with Gasteiger partial charge in [0.1, 0.15) is 42.4 Å². The molecule has 0 spiro atoms. The lowest BCUT2D eigenvalue weighted by Crippen LogP contribution is -2.60. The Morgan fingerprint density at radius 3 is 2.32 bits per heavy atom. The summed E-state index contributed by atoms with van der Waals surface area (Å²) in [5, 5.41) is 52.6. The molecule has 3 aliphatic rings. The number of benzene rings is 1. The van der Waals surface area contributed by atoms with Crippen molar-refractivity contribution in [2.24, 2.45) is 17.8 Å². The average molecular weight is 709 g/mol. The average Bonchev–Trinajstić information content (AvgIpc) is 3.33. The molecule has 1 saturated heterocycles. The molecule has 0 aromatic heterocycles. The van der Waals surface area contributed by atoms with Crippen molar-refractivity contribution >= 4 is 30.0 Å². The van der Waals surface area contributed by atoms with Crippen LogP contribution in [0.15, 0.2) is 42.2 Å². The molecule has 2 fully saturated rings. The molecule has 2 aliphatic heterocycles. The molecule has 16 nitrogen and oxygen atoms in total. The Kier molecular flexibility index (Phi) is 13.0. The summed E-state index contributed by atoms with van der Waals surface area (Å²) < 4.78 is 39.1. The van der Waals surface area contributed by atoms with Crippen LogP contribution in [0.3, 0.4) is 0 Å². The van der Waals surface area contributed by atoms with Crippen LogP contribution in [0.2, 0.25) is 0 Å². The molecule has 10 atom stereocenters. The predicted octanol–water partition coefficient (Wildman–Crippen LogP) is 0.464. The number of fused-ring (bicyclic) bond motifs is 1. The molecule has 1 aromatic rings. The Morgan fingerprint density at radius 2 is 1.70 bits per heavy atom. The summed E-state index contributed by atoms with van der Waals surface area (Å²) in [6.45, 7) is 4.19. The third kappa shape index (κ3) is 9.38. The van der Waals surface area contributed by atoms with E-state index < -0.39 is 97.6 Å². The highest BCUT2D eigenvalue weighted by molar-refractivity contribution is 5.87. The first-order valence-electron chi connectivity index (χ1n) is 16.1. The standard InChI is InChI=1S/C34H44O16/c1-17(2)11-27(40)50-32-28-23(12-25(47-19(4)37)34(28,43)16-46-18(3)36)21(14-44-32)15-45-33-31(30(42)29(41)24(13-35)48-33)49-26(39)10-7-20-5-8-22(38)9-6-20/h5-10,14,17,23-25,28-33,35,38,41-43H,11-13,15-16H2,1-4H3/b10-7+/t23-,24+,25-,28-,29+,30-,31+,32-,33+,34+/m0/s1. The fourth-order valence-corrected chi connectivity index (χ4v) is 6.21. The largest absolute Gasteiger partial charge is 0.508 e. The fraction of sp³-hybridized carbons (Fsp3) is 0.588. The lowest BCUT2D eigenvalue weighted by atomic mass is 9.80. The third-order valence-electron chi connectivity index (χ3n) is 8.59. The Bertz CT molecular complexity index is 1420. The van der Waals surface area contributed by atoms with E-state index in [-0.39, 0.29) is 31.1 Å². The number of esters is 4. The maximum absolute atomic E-state index is 12.8. The molecule has 0 amide bonds. The van der Waals surface area contributed by atoms with Crippen LogP contribution in [0.25, 0.3) is 6.08 Å². The van der Waals surface area contributed by atoms with E-state index in [1.54, 1.807) is 12.1 Å². The van der Waals surface area contributed by atoms with E-state index in [0.717, 1.165) is 19.9 Å². The molecule has 276 valence electrons. The molecule has 50 heavy (non-hydrogen) atoms. The summed E-state index contributed by atoms with van der Waals surface area (Å²) >= 11 is 0. The molecule has 0 bridgehead atoms. The van der Waals surface area contributed by atoms with Crippen LogP contribution in [-0.2, 0) is 52.3 Å². The summed E-state index contributed by atoms with van der Waals surface area (Å²) in [6, 6.07) is 5.93. The number of aliphatic hydroxyl groups excluding tert-OH is 3. The van der Waals surface area contributed by atoms with E-state index in [1.807, 2.05) is 13.8 Å². The smallest absolute Gasteiger partial charge is 0.331 e. The van der Waals surface area contributed by atoms with E-state index in [4.69, 9.17) is 33.2 Å². The first-order valence-corrected chi connectivity index (χ1v) is 16.1.